The van der Waals surface area contributed by atoms with E-state index < -0.39 is 8.32 Å². The number of para-hydroxylation sites is 1. The number of unbranched alkanes of at least 4 members (excludes halogenated alkanes) is 5. The second-order valence-electron chi connectivity index (χ2n) is 6.13. The zero-order chi connectivity index (χ0) is 14.7. The van der Waals surface area contributed by atoms with Gasteiger partial charge < -0.3 is 4.43 Å². The van der Waals surface area contributed by atoms with E-state index in [9.17, 15) is 0 Å². The predicted molar refractivity (Wildman–Crippen MR) is 92.0 cm³/mol. The van der Waals surface area contributed by atoms with E-state index in [4.69, 9.17) is 4.43 Å². The summed E-state index contributed by atoms with van der Waals surface area (Å²) in [6, 6.07) is 13.0. The fourth-order valence-corrected chi connectivity index (χ4v) is 6.02. The van der Waals surface area contributed by atoms with Crippen molar-refractivity contribution in [2.75, 3.05) is 0 Å². The van der Waals surface area contributed by atoms with Crippen LogP contribution in [0, 0.1) is 0 Å². The average Bonchev–Trinajstić information content (AvgIpc) is 2.44. The molecule has 1 aromatic carbocycles. The first-order valence-electron chi connectivity index (χ1n) is 8.44. The first-order valence-corrected chi connectivity index (χ1v) is 11.3. The van der Waals surface area contributed by atoms with Crippen molar-refractivity contribution in [1.29, 1.82) is 0 Å². The van der Waals surface area contributed by atoms with E-state index in [1.807, 2.05) is 0 Å². The molecule has 20 heavy (non-hydrogen) atoms. The van der Waals surface area contributed by atoms with Crippen molar-refractivity contribution in [2.45, 2.75) is 77.4 Å². The first-order chi connectivity index (χ1) is 9.70. The monoisotopic (exact) mass is 292 g/mol. The van der Waals surface area contributed by atoms with Crippen LogP contribution in [-0.2, 0) is 0 Å². The van der Waals surface area contributed by atoms with Crippen LogP contribution >= 0.6 is 0 Å². The average molecular weight is 293 g/mol. The summed E-state index contributed by atoms with van der Waals surface area (Å²) in [5.41, 5.74) is 0. The fraction of sp³-hybridized carbons (Fsp3) is 0.667. The van der Waals surface area contributed by atoms with Gasteiger partial charge in [0.15, 0.2) is 0 Å². The molecule has 0 aliphatic rings. The number of rotatable bonds is 11. The molecule has 2 heteroatoms. The van der Waals surface area contributed by atoms with Gasteiger partial charge in [0.2, 0.25) is 8.32 Å². The van der Waals surface area contributed by atoms with Crippen molar-refractivity contribution in [2.24, 2.45) is 0 Å². The van der Waals surface area contributed by atoms with Crippen LogP contribution in [0.1, 0.15) is 58.8 Å². The van der Waals surface area contributed by atoms with Crippen LogP contribution in [0.15, 0.2) is 30.3 Å². The zero-order valence-electron chi connectivity index (χ0n) is 13.7. The Kier molecular flexibility index (Phi) is 8.67. The van der Waals surface area contributed by atoms with E-state index >= 15 is 0 Å². The molecule has 0 aliphatic heterocycles. The Balaban J connectivity index is 2.37. The highest BCUT2D eigenvalue weighted by Gasteiger charge is 2.29. The normalized spacial score (nSPS) is 13.9. The van der Waals surface area contributed by atoms with Gasteiger partial charge in [0, 0.05) is 0 Å². The maximum Gasteiger partial charge on any atom is 0.248 e. The summed E-state index contributed by atoms with van der Waals surface area (Å²) in [6.45, 7) is 6.97. The van der Waals surface area contributed by atoms with Crippen LogP contribution in [-0.4, -0.2) is 8.32 Å². The highest BCUT2D eigenvalue weighted by molar-refractivity contribution is 6.73. The Morgan fingerprint density at radius 2 is 1.45 bits per heavy atom. The van der Waals surface area contributed by atoms with Crippen molar-refractivity contribution >= 4 is 8.32 Å². The molecule has 0 spiro atoms. The minimum Gasteiger partial charge on any atom is -0.544 e. The van der Waals surface area contributed by atoms with Crippen molar-refractivity contribution in [3.8, 4) is 5.75 Å². The smallest absolute Gasteiger partial charge is 0.248 e. The quantitative estimate of drug-likeness (QED) is 0.338. The first kappa shape index (κ1) is 17.3. The molecule has 0 amide bonds. The van der Waals surface area contributed by atoms with Crippen LogP contribution in [0.2, 0.25) is 18.6 Å². The number of benzene rings is 1. The standard InChI is InChI=1S/C18H32OSi/c1-4-6-7-8-9-13-17-20(3,16-5-2)19-18-14-11-10-12-15-18/h10-12,14-15H,4-9,13,16-17H2,1-3H3. The van der Waals surface area contributed by atoms with Gasteiger partial charge in [-0.15, -0.1) is 0 Å². The Morgan fingerprint density at radius 3 is 2.10 bits per heavy atom. The summed E-state index contributed by atoms with van der Waals surface area (Å²) in [7, 11) is -1.56. The summed E-state index contributed by atoms with van der Waals surface area (Å²) in [5, 5.41) is 0. The largest absolute Gasteiger partial charge is 0.544 e. The highest BCUT2D eigenvalue weighted by atomic mass is 28.4. The summed E-state index contributed by atoms with van der Waals surface area (Å²) in [4.78, 5) is 0. The Hall–Kier alpha value is -0.763. The predicted octanol–water partition coefficient (Wildman–Crippen LogP) is 6.41. The molecule has 0 radical (unpaired) electrons. The lowest BCUT2D eigenvalue weighted by Crippen LogP contribution is -2.37. The number of hydrogen-bond donors (Lipinski definition) is 0. The van der Waals surface area contributed by atoms with E-state index in [2.05, 4.69) is 50.7 Å². The summed E-state index contributed by atoms with van der Waals surface area (Å²) < 4.78 is 6.41. The fourth-order valence-electron chi connectivity index (χ4n) is 2.81. The van der Waals surface area contributed by atoms with Gasteiger partial charge in [-0.05, 0) is 30.8 Å². The van der Waals surface area contributed by atoms with Gasteiger partial charge in [-0.3, -0.25) is 0 Å². The van der Waals surface area contributed by atoms with Gasteiger partial charge in [-0.2, -0.15) is 0 Å². The summed E-state index contributed by atoms with van der Waals surface area (Å²) >= 11 is 0. The molecule has 0 saturated carbocycles. The molecule has 0 aromatic heterocycles. The SMILES string of the molecule is CCCCCCCC[Si](C)(CCC)Oc1ccccc1. The molecule has 0 bridgehead atoms. The van der Waals surface area contributed by atoms with Crippen molar-refractivity contribution in [3.05, 3.63) is 30.3 Å². The lowest BCUT2D eigenvalue weighted by Gasteiger charge is -2.28. The van der Waals surface area contributed by atoms with Gasteiger partial charge in [-0.1, -0.05) is 77.0 Å². The zero-order valence-corrected chi connectivity index (χ0v) is 14.7. The lowest BCUT2D eigenvalue weighted by molar-refractivity contribution is 0.524. The van der Waals surface area contributed by atoms with Crippen molar-refractivity contribution in [3.63, 3.8) is 0 Å². The van der Waals surface area contributed by atoms with E-state index in [0.717, 1.165) is 5.75 Å². The molecule has 0 heterocycles. The van der Waals surface area contributed by atoms with Crippen molar-refractivity contribution < 1.29 is 4.43 Å². The molecular formula is C18H32OSi. The van der Waals surface area contributed by atoms with Gasteiger partial charge in [0.1, 0.15) is 5.75 Å². The molecule has 1 unspecified atom stereocenters. The van der Waals surface area contributed by atoms with Gasteiger partial charge in [0.25, 0.3) is 0 Å². The lowest BCUT2D eigenvalue weighted by atomic mass is 10.1. The maximum atomic E-state index is 6.41. The second-order valence-corrected chi connectivity index (χ2v) is 10.2. The Bertz CT molecular complexity index is 339. The summed E-state index contributed by atoms with van der Waals surface area (Å²) in [6.07, 6.45) is 9.50. The van der Waals surface area contributed by atoms with Crippen LogP contribution in [0.4, 0.5) is 0 Å². The molecule has 1 rings (SSSR count). The van der Waals surface area contributed by atoms with Crippen LogP contribution < -0.4 is 4.43 Å². The third-order valence-electron chi connectivity index (χ3n) is 3.95. The van der Waals surface area contributed by atoms with E-state index in [0.29, 0.717) is 0 Å². The highest BCUT2D eigenvalue weighted by Crippen LogP contribution is 2.25. The third kappa shape index (κ3) is 7.13. The van der Waals surface area contributed by atoms with E-state index in [-0.39, 0.29) is 0 Å². The van der Waals surface area contributed by atoms with Crippen molar-refractivity contribution in [1.82, 2.24) is 0 Å². The molecule has 1 atom stereocenters. The van der Waals surface area contributed by atoms with Crippen LogP contribution in [0.25, 0.3) is 0 Å². The van der Waals surface area contributed by atoms with Gasteiger partial charge >= 0.3 is 0 Å². The molecule has 0 aliphatic carbocycles. The van der Waals surface area contributed by atoms with E-state index in [1.165, 1.54) is 57.0 Å². The second kappa shape index (κ2) is 10.0. The molecule has 1 aromatic rings. The number of hydrogen-bond acceptors (Lipinski definition) is 1. The molecular weight excluding hydrogens is 260 g/mol. The molecule has 0 saturated heterocycles. The minimum absolute atomic E-state index is 1.07. The van der Waals surface area contributed by atoms with Crippen LogP contribution in [0.3, 0.4) is 0 Å². The maximum absolute atomic E-state index is 6.41. The Labute approximate surface area is 126 Å². The molecule has 0 N–H and O–H groups in total. The topological polar surface area (TPSA) is 9.23 Å². The summed E-state index contributed by atoms with van der Waals surface area (Å²) in [5.74, 6) is 1.07. The molecule has 114 valence electrons. The molecule has 1 nitrogen and oxygen atoms in total. The van der Waals surface area contributed by atoms with Gasteiger partial charge in [-0.25, -0.2) is 0 Å². The van der Waals surface area contributed by atoms with Gasteiger partial charge in [0.05, 0.1) is 0 Å². The Morgan fingerprint density at radius 1 is 0.800 bits per heavy atom. The third-order valence-corrected chi connectivity index (χ3v) is 7.64. The van der Waals surface area contributed by atoms with E-state index in [1.54, 1.807) is 0 Å². The van der Waals surface area contributed by atoms with Crippen LogP contribution in [0.5, 0.6) is 5.75 Å². The minimum atomic E-state index is -1.56. The molecule has 0 fully saturated rings.